The lowest BCUT2D eigenvalue weighted by Crippen LogP contribution is -2.32. The largest absolute Gasteiger partial charge is 0.497 e. The molecule has 0 saturated carbocycles. The summed E-state index contributed by atoms with van der Waals surface area (Å²) >= 11 is 3.17. The van der Waals surface area contributed by atoms with E-state index < -0.39 is 6.10 Å². The van der Waals surface area contributed by atoms with Gasteiger partial charge in [-0.3, -0.25) is 4.79 Å². The van der Waals surface area contributed by atoms with Crippen molar-refractivity contribution in [2.45, 2.75) is 22.8 Å². The second-order valence-corrected chi connectivity index (χ2v) is 9.26. The van der Waals surface area contributed by atoms with E-state index in [2.05, 4.69) is 12.2 Å². The number of carbonyl (C=O) groups is 1. The van der Waals surface area contributed by atoms with Crippen molar-refractivity contribution in [2.75, 3.05) is 31.6 Å². The smallest absolute Gasteiger partial charge is 0.266 e. The van der Waals surface area contributed by atoms with Crippen molar-refractivity contribution in [3.8, 4) is 17.2 Å². The zero-order valence-electron chi connectivity index (χ0n) is 18.9. The van der Waals surface area contributed by atoms with Crippen LogP contribution in [0.25, 0.3) is 0 Å². The minimum atomic E-state index is -0.803. The van der Waals surface area contributed by atoms with Crippen LogP contribution < -0.4 is 25.3 Å². The van der Waals surface area contributed by atoms with E-state index in [1.807, 2.05) is 30.3 Å². The van der Waals surface area contributed by atoms with E-state index in [0.29, 0.717) is 23.1 Å². The van der Waals surface area contributed by atoms with Crippen molar-refractivity contribution in [3.63, 3.8) is 0 Å². The van der Waals surface area contributed by atoms with E-state index in [1.165, 1.54) is 11.8 Å². The molecule has 0 fully saturated rings. The average Bonchev–Trinajstić information content (AvgIpc) is 2.85. The molecule has 0 spiro atoms. The molecule has 8 heteroatoms. The van der Waals surface area contributed by atoms with Crippen molar-refractivity contribution < 1.29 is 19.0 Å². The number of nitrogens with one attached hydrogen (secondary N) is 1. The van der Waals surface area contributed by atoms with Gasteiger partial charge in [0.1, 0.15) is 17.2 Å². The number of methoxy groups -OCH3 is 2. The Hall–Kier alpha value is -2.97. The predicted octanol–water partition coefficient (Wildman–Crippen LogP) is 5.38. The van der Waals surface area contributed by atoms with Gasteiger partial charge in [0.25, 0.3) is 5.91 Å². The molecule has 3 aromatic rings. The standard InChI is InChI=1S/C25H28N2O4S2/c1-4-32-21-12-5-17(6-13-21)24(31-19-9-7-18(29-2)8-10-19)25(28)27-16-33-23-15-20(30-3)11-14-22(23)26/h5-15,24H,4,16,26H2,1-3H3,(H,27,28). The van der Waals surface area contributed by atoms with Crippen LogP contribution in [0.4, 0.5) is 5.69 Å². The van der Waals surface area contributed by atoms with Crippen molar-refractivity contribution in [1.29, 1.82) is 0 Å². The Labute approximate surface area is 203 Å². The van der Waals surface area contributed by atoms with Gasteiger partial charge < -0.3 is 25.3 Å². The lowest BCUT2D eigenvalue weighted by Gasteiger charge is -2.20. The molecule has 0 aliphatic heterocycles. The van der Waals surface area contributed by atoms with Crippen LogP contribution in [-0.4, -0.2) is 31.8 Å². The van der Waals surface area contributed by atoms with E-state index in [-0.39, 0.29) is 5.91 Å². The summed E-state index contributed by atoms with van der Waals surface area (Å²) < 4.78 is 16.6. The topological polar surface area (TPSA) is 82.8 Å². The summed E-state index contributed by atoms with van der Waals surface area (Å²) in [6.45, 7) is 2.11. The highest BCUT2D eigenvalue weighted by atomic mass is 32.2. The van der Waals surface area contributed by atoms with Crippen LogP contribution in [0.2, 0.25) is 0 Å². The summed E-state index contributed by atoms with van der Waals surface area (Å²) in [5.74, 6) is 3.09. The number of rotatable bonds is 11. The fourth-order valence-electron chi connectivity index (χ4n) is 3.01. The van der Waals surface area contributed by atoms with Crippen molar-refractivity contribution >= 4 is 35.1 Å². The summed E-state index contributed by atoms with van der Waals surface area (Å²) in [7, 11) is 3.21. The Morgan fingerprint density at radius 3 is 2.18 bits per heavy atom. The van der Waals surface area contributed by atoms with Crippen LogP contribution in [0.3, 0.4) is 0 Å². The summed E-state index contributed by atoms with van der Waals surface area (Å²) in [5, 5.41) is 2.95. The summed E-state index contributed by atoms with van der Waals surface area (Å²) in [5.41, 5.74) is 7.45. The van der Waals surface area contributed by atoms with Gasteiger partial charge in [0.05, 0.1) is 20.1 Å². The van der Waals surface area contributed by atoms with Crippen molar-refractivity contribution in [2.24, 2.45) is 0 Å². The van der Waals surface area contributed by atoms with Gasteiger partial charge in [-0.1, -0.05) is 19.1 Å². The maximum atomic E-state index is 13.1. The molecular weight excluding hydrogens is 456 g/mol. The predicted molar refractivity (Wildman–Crippen MR) is 135 cm³/mol. The van der Waals surface area contributed by atoms with Crippen LogP contribution in [0.1, 0.15) is 18.6 Å². The molecule has 1 atom stereocenters. The van der Waals surface area contributed by atoms with E-state index in [4.69, 9.17) is 19.9 Å². The Kier molecular flexibility index (Phi) is 9.21. The van der Waals surface area contributed by atoms with Crippen molar-refractivity contribution in [3.05, 3.63) is 72.3 Å². The SMILES string of the molecule is CCSc1ccc(C(Oc2ccc(OC)cc2)C(=O)NCSc2cc(OC)ccc2N)cc1. The molecule has 0 aromatic heterocycles. The van der Waals surface area contributed by atoms with Crippen LogP contribution in [0.5, 0.6) is 17.2 Å². The fraction of sp³-hybridized carbons (Fsp3) is 0.240. The van der Waals surface area contributed by atoms with E-state index in [1.54, 1.807) is 62.4 Å². The number of hydrogen-bond acceptors (Lipinski definition) is 7. The summed E-state index contributed by atoms with van der Waals surface area (Å²) in [6, 6.07) is 20.5. The van der Waals surface area contributed by atoms with Gasteiger partial charge in [0.15, 0.2) is 0 Å². The zero-order chi connectivity index (χ0) is 23.6. The molecule has 0 aliphatic carbocycles. The average molecular weight is 485 g/mol. The molecule has 0 heterocycles. The lowest BCUT2D eigenvalue weighted by molar-refractivity contribution is -0.127. The Morgan fingerprint density at radius 1 is 0.909 bits per heavy atom. The molecule has 0 aliphatic rings. The van der Waals surface area contributed by atoms with Gasteiger partial charge in [-0.2, -0.15) is 0 Å². The molecule has 3 N–H and O–H groups in total. The second-order valence-electron chi connectivity index (χ2n) is 6.91. The number of nitrogen functional groups attached to an aromatic ring is 1. The van der Waals surface area contributed by atoms with Crippen LogP contribution >= 0.6 is 23.5 Å². The second kappa shape index (κ2) is 12.3. The number of ether oxygens (including phenoxy) is 3. The highest BCUT2D eigenvalue weighted by Gasteiger charge is 2.23. The number of nitrogens with two attached hydrogens (primary N) is 1. The third-order valence-corrected chi connectivity index (χ3v) is 6.59. The van der Waals surface area contributed by atoms with Gasteiger partial charge in [-0.25, -0.2) is 0 Å². The highest BCUT2D eigenvalue weighted by molar-refractivity contribution is 7.99. The first-order chi connectivity index (χ1) is 16.0. The summed E-state index contributed by atoms with van der Waals surface area (Å²) in [4.78, 5) is 15.1. The monoisotopic (exact) mass is 484 g/mol. The molecule has 1 unspecified atom stereocenters. The number of carbonyl (C=O) groups excluding carboxylic acids is 1. The lowest BCUT2D eigenvalue weighted by atomic mass is 10.1. The van der Waals surface area contributed by atoms with E-state index in [0.717, 1.165) is 26.9 Å². The normalized spacial score (nSPS) is 11.5. The quantitative estimate of drug-likeness (QED) is 0.215. The molecule has 0 radical (unpaired) electrons. The third kappa shape index (κ3) is 7.00. The number of hydrogen-bond donors (Lipinski definition) is 2. The highest BCUT2D eigenvalue weighted by Crippen LogP contribution is 2.30. The maximum Gasteiger partial charge on any atom is 0.266 e. The first-order valence-electron chi connectivity index (χ1n) is 10.4. The zero-order valence-corrected chi connectivity index (χ0v) is 20.5. The van der Waals surface area contributed by atoms with Gasteiger partial charge in [-0.05, 0) is 60.4 Å². The molecule has 6 nitrogen and oxygen atoms in total. The third-order valence-electron chi connectivity index (χ3n) is 4.74. The van der Waals surface area contributed by atoms with E-state index in [9.17, 15) is 4.79 Å². The molecule has 174 valence electrons. The van der Waals surface area contributed by atoms with Gasteiger partial charge >= 0.3 is 0 Å². The minimum Gasteiger partial charge on any atom is -0.497 e. The van der Waals surface area contributed by atoms with E-state index >= 15 is 0 Å². The molecule has 3 rings (SSSR count). The first kappa shape index (κ1) is 24.7. The van der Waals surface area contributed by atoms with Crippen molar-refractivity contribution in [1.82, 2.24) is 5.32 Å². The van der Waals surface area contributed by atoms with Crippen LogP contribution in [0.15, 0.2) is 76.5 Å². The molecular formula is C25H28N2O4S2. The molecule has 0 saturated heterocycles. The van der Waals surface area contributed by atoms with Gasteiger partial charge in [0, 0.05) is 21.0 Å². The molecule has 0 bridgehead atoms. The summed E-state index contributed by atoms with van der Waals surface area (Å²) in [6.07, 6.45) is -0.803. The van der Waals surface area contributed by atoms with Crippen LogP contribution in [-0.2, 0) is 4.79 Å². The maximum absolute atomic E-state index is 13.1. The number of anilines is 1. The molecule has 33 heavy (non-hydrogen) atoms. The Bertz CT molecular complexity index is 1040. The number of amides is 1. The Morgan fingerprint density at radius 2 is 1.55 bits per heavy atom. The fourth-order valence-corrected chi connectivity index (χ4v) is 4.48. The first-order valence-corrected chi connectivity index (χ1v) is 12.4. The van der Waals surface area contributed by atoms with Gasteiger partial charge in [0.2, 0.25) is 6.10 Å². The minimum absolute atomic E-state index is 0.240. The Balaban J connectivity index is 1.73. The van der Waals surface area contributed by atoms with Gasteiger partial charge in [-0.15, -0.1) is 23.5 Å². The van der Waals surface area contributed by atoms with Crippen LogP contribution in [0, 0.1) is 0 Å². The number of thioether (sulfide) groups is 2. The molecule has 1 amide bonds. The number of benzene rings is 3. The molecule has 3 aromatic carbocycles.